The van der Waals surface area contributed by atoms with Crippen molar-refractivity contribution in [1.29, 1.82) is 0 Å². The Balaban J connectivity index is 3.52. The highest BCUT2D eigenvalue weighted by atomic mass is 19.4. The van der Waals surface area contributed by atoms with Crippen LogP contribution in [0.3, 0.4) is 0 Å². The number of carbonyl (C=O) groups is 1. The van der Waals surface area contributed by atoms with Gasteiger partial charge in [-0.3, -0.25) is 4.79 Å². The minimum absolute atomic E-state index is 0.170. The van der Waals surface area contributed by atoms with Gasteiger partial charge in [-0.1, -0.05) is 0 Å². The SMILES string of the molecule is CCOC(=O)c1c[nH]c(C(F)F)c(C(F)(F)F)c1=O. The number of alkyl halides is 5. The molecule has 1 N–H and O–H groups in total. The Morgan fingerprint density at radius 2 is 2.00 bits per heavy atom. The van der Waals surface area contributed by atoms with Gasteiger partial charge in [-0.25, -0.2) is 13.6 Å². The maximum Gasteiger partial charge on any atom is 0.422 e. The highest BCUT2D eigenvalue weighted by Gasteiger charge is 2.40. The molecule has 0 unspecified atom stereocenters. The molecule has 0 aliphatic heterocycles. The monoisotopic (exact) mass is 285 g/mol. The van der Waals surface area contributed by atoms with Crippen LogP contribution in [-0.2, 0) is 10.9 Å². The first-order valence-corrected chi connectivity index (χ1v) is 4.98. The summed E-state index contributed by atoms with van der Waals surface area (Å²) in [5.74, 6) is -1.31. The molecule has 0 spiro atoms. The van der Waals surface area contributed by atoms with E-state index in [4.69, 9.17) is 0 Å². The lowest BCUT2D eigenvalue weighted by molar-refractivity contribution is -0.140. The van der Waals surface area contributed by atoms with Crippen LogP contribution in [0.5, 0.6) is 0 Å². The normalized spacial score (nSPS) is 11.7. The van der Waals surface area contributed by atoms with E-state index in [1.54, 1.807) is 4.98 Å². The van der Waals surface area contributed by atoms with Crippen LogP contribution >= 0.6 is 0 Å². The number of nitrogens with one attached hydrogen (secondary N) is 1. The van der Waals surface area contributed by atoms with Crippen LogP contribution in [0.2, 0.25) is 0 Å². The number of ether oxygens (including phenoxy) is 1. The molecule has 1 aromatic rings. The van der Waals surface area contributed by atoms with Gasteiger partial charge >= 0.3 is 12.1 Å². The first kappa shape index (κ1) is 15.1. The molecule has 1 rings (SSSR count). The van der Waals surface area contributed by atoms with Crippen molar-refractivity contribution in [3.05, 3.63) is 33.2 Å². The van der Waals surface area contributed by atoms with E-state index in [1.807, 2.05) is 0 Å². The van der Waals surface area contributed by atoms with Crippen molar-refractivity contribution in [3.63, 3.8) is 0 Å². The largest absolute Gasteiger partial charge is 0.462 e. The van der Waals surface area contributed by atoms with E-state index in [9.17, 15) is 31.5 Å². The molecule has 0 aromatic carbocycles. The van der Waals surface area contributed by atoms with E-state index in [-0.39, 0.29) is 6.61 Å². The van der Waals surface area contributed by atoms with E-state index < -0.39 is 40.8 Å². The molecule has 106 valence electrons. The summed E-state index contributed by atoms with van der Waals surface area (Å²) in [6.45, 7) is 1.21. The topological polar surface area (TPSA) is 59.2 Å². The van der Waals surface area contributed by atoms with Gasteiger partial charge in [0.2, 0.25) is 5.43 Å². The third kappa shape index (κ3) is 3.09. The quantitative estimate of drug-likeness (QED) is 0.685. The molecule has 19 heavy (non-hydrogen) atoms. The van der Waals surface area contributed by atoms with Crippen LogP contribution in [0.1, 0.15) is 35.0 Å². The predicted octanol–water partition coefficient (Wildman–Crippen LogP) is 2.51. The van der Waals surface area contributed by atoms with Crippen LogP contribution in [0.15, 0.2) is 11.0 Å². The van der Waals surface area contributed by atoms with E-state index in [0.717, 1.165) is 0 Å². The summed E-state index contributed by atoms with van der Waals surface area (Å²) >= 11 is 0. The zero-order valence-corrected chi connectivity index (χ0v) is 9.48. The lowest BCUT2D eigenvalue weighted by Crippen LogP contribution is -2.28. The summed E-state index contributed by atoms with van der Waals surface area (Å²) in [6.07, 6.45) is -8.35. The Labute approximate surface area is 103 Å². The number of pyridine rings is 1. The van der Waals surface area contributed by atoms with Gasteiger partial charge in [0, 0.05) is 6.20 Å². The van der Waals surface area contributed by atoms with E-state index in [2.05, 4.69) is 4.74 Å². The Morgan fingerprint density at radius 1 is 1.42 bits per heavy atom. The summed E-state index contributed by atoms with van der Waals surface area (Å²) < 4.78 is 67.0. The maximum absolute atomic E-state index is 12.6. The number of halogens is 5. The zero-order valence-electron chi connectivity index (χ0n) is 9.48. The van der Waals surface area contributed by atoms with Crippen LogP contribution < -0.4 is 5.43 Å². The van der Waals surface area contributed by atoms with Gasteiger partial charge in [0.15, 0.2) is 0 Å². The zero-order chi connectivity index (χ0) is 14.8. The molecule has 0 bridgehead atoms. The van der Waals surface area contributed by atoms with E-state index in [0.29, 0.717) is 6.20 Å². The number of hydrogen-bond acceptors (Lipinski definition) is 3. The van der Waals surface area contributed by atoms with Gasteiger partial charge in [0.05, 0.1) is 12.3 Å². The predicted molar refractivity (Wildman–Crippen MR) is 53.0 cm³/mol. The fourth-order valence-corrected chi connectivity index (χ4v) is 1.36. The minimum atomic E-state index is -5.30. The van der Waals surface area contributed by atoms with Crippen molar-refractivity contribution in [1.82, 2.24) is 4.98 Å². The molecule has 0 saturated heterocycles. The standard InChI is InChI=1S/C10H8F5NO3/c1-2-19-9(18)4-3-16-6(8(11)12)5(7(4)17)10(13,14)15/h3,8H,2H2,1H3,(H,16,17). The molecule has 0 radical (unpaired) electrons. The van der Waals surface area contributed by atoms with Crippen molar-refractivity contribution >= 4 is 5.97 Å². The summed E-state index contributed by atoms with van der Waals surface area (Å²) in [7, 11) is 0. The van der Waals surface area contributed by atoms with Gasteiger partial charge in [0.25, 0.3) is 6.43 Å². The average Bonchev–Trinajstić information content (AvgIpc) is 2.26. The lowest BCUT2D eigenvalue weighted by Gasteiger charge is -2.12. The summed E-state index contributed by atoms with van der Waals surface area (Å²) in [5, 5.41) is 0. The number of esters is 1. The number of hydrogen-bond donors (Lipinski definition) is 1. The molecule has 9 heteroatoms. The molecule has 4 nitrogen and oxygen atoms in total. The van der Waals surface area contributed by atoms with Gasteiger partial charge < -0.3 is 9.72 Å². The van der Waals surface area contributed by atoms with E-state index >= 15 is 0 Å². The van der Waals surface area contributed by atoms with Gasteiger partial charge in [-0.2, -0.15) is 13.2 Å². The highest BCUT2D eigenvalue weighted by Crippen LogP contribution is 2.33. The van der Waals surface area contributed by atoms with Gasteiger partial charge in [0.1, 0.15) is 11.1 Å². The number of carbonyl (C=O) groups excluding carboxylic acids is 1. The van der Waals surface area contributed by atoms with Crippen molar-refractivity contribution in [3.8, 4) is 0 Å². The van der Waals surface area contributed by atoms with Gasteiger partial charge in [-0.15, -0.1) is 0 Å². The van der Waals surface area contributed by atoms with Crippen LogP contribution in [0.25, 0.3) is 0 Å². The van der Waals surface area contributed by atoms with Crippen LogP contribution in [-0.4, -0.2) is 17.6 Å². The van der Waals surface area contributed by atoms with Gasteiger partial charge in [-0.05, 0) is 6.92 Å². The average molecular weight is 285 g/mol. The molecular formula is C10H8F5NO3. The second-order valence-corrected chi connectivity index (χ2v) is 3.34. The fourth-order valence-electron chi connectivity index (χ4n) is 1.36. The third-order valence-electron chi connectivity index (χ3n) is 2.11. The molecule has 1 aromatic heterocycles. The molecule has 1 heterocycles. The second-order valence-electron chi connectivity index (χ2n) is 3.34. The molecule has 0 amide bonds. The fraction of sp³-hybridized carbons (Fsp3) is 0.400. The maximum atomic E-state index is 12.6. The smallest absolute Gasteiger partial charge is 0.422 e. The second kappa shape index (κ2) is 5.37. The summed E-state index contributed by atoms with van der Waals surface area (Å²) in [4.78, 5) is 24.3. The number of aromatic amines is 1. The van der Waals surface area contributed by atoms with E-state index in [1.165, 1.54) is 6.92 Å². The number of H-pyrrole nitrogens is 1. The Hall–Kier alpha value is -1.93. The minimum Gasteiger partial charge on any atom is -0.462 e. The molecule has 0 saturated carbocycles. The summed E-state index contributed by atoms with van der Waals surface area (Å²) in [5.41, 5.74) is -6.47. The molecule has 0 atom stereocenters. The van der Waals surface area contributed by atoms with Crippen LogP contribution in [0.4, 0.5) is 22.0 Å². The molecular weight excluding hydrogens is 277 g/mol. The molecule has 0 aliphatic carbocycles. The lowest BCUT2D eigenvalue weighted by atomic mass is 10.1. The van der Waals surface area contributed by atoms with Crippen molar-refractivity contribution in [2.24, 2.45) is 0 Å². The Bertz CT molecular complexity index is 535. The molecule has 0 aliphatic rings. The van der Waals surface area contributed by atoms with Crippen LogP contribution in [0, 0.1) is 0 Å². The number of rotatable bonds is 3. The highest BCUT2D eigenvalue weighted by molar-refractivity contribution is 5.89. The van der Waals surface area contributed by atoms with Crippen molar-refractivity contribution in [2.75, 3.05) is 6.61 Å². The first-order chi connectivity index (χ1) is 8.70. The van der Waals surface area contributed by atoms with Crippen molar-refractivity contribution < 1.29 is 31.5 Å². The summed E-state index contributed by atoms with van der Waals surface area (Å²) in [6, 6.07) is 0. The molecule has 0 fully saturated rings. The third-order valence-corrected chi connectivity index (χ3v) is 2.11. The Morgan fingerprint density at radius 3 is 2.42 bits per heavy atom. The first-order valence-electron chi connectivity index (χ1n) is 4.98. The Kier molecular flexibility index (Phi) is 4.28. The number of aromatic nitrogens is 1. The van der Waals surface area contributed by atoms with Crippen molar-refractivity contribution in [2.45, 2.75) is 19.5 Å².